The summed E-state index contributed by atoms with van der Waals surface area (Å²) in [5.74, 6) is -2.35. The molecule has 2 saturated carbocycles. The van der Waals surface area contributed by atoms with Crippen LogP contribution in [-0.4, -0.2) is 73.7 Å². The Labute approximate surface area is 250 Å². The van der Waals surface area contributed by atoms with E-state index in [1.807, 2.05) is 0 Å². The number of carbonyl (C=O) groups is 4. The molecule has 1 N–H and O–H groups in total. The smallest absolute Gasteiger partial charge is 0.330 e. The second-order valence-corrected chi connectivity index (χ2v) is 11.1. The molecule has 10 nitrogen and oxygen atoms in total. The van der Waals surface area contributed by atoms with Gasteiger partial charge >= 0.3 is 23.9 Å². The minimum absolute atomic E-state index is 0.154. The molecule has 0 aromatic rings. The normalized spacial score (nSPS) is 23.8. The van der Waals surface area contributed by atoms with Gasteiger partial charge in [0.05, 0.1) is 43.9 Å². The summed E-state index contributed by atoms with van der Waals surface area (Å²) >= 11 is 0. The Hall–Kier alpha value is -2.72. The largest absolute Gasteiger partial charge is 0.465 e. The third-order valence-corrected chi connectivity index (χ3v) is 7.86. The molecule has 0 aromatic carbocycles. The highest BCUT2D eigenvalue weighted by Gasteiger charge is 2.38. The van der Waals surface area contributed by atoms with Gasteiger partial charge in [-0.1, -0.05) is 19.6 Å². The van der Waals surface area contributed by atoms with Crippen LogP contribution in [0.2, 0.25) is 0 Å². The quantitative estimate of drug-likeness (QED) is 0.0910. The number of carbonyl (C=O) groups excluding carboxylic acids is 4. The highest BCUT2D eigenvalue weighted by Crippen LogP contribution is 2.32. The van der Waals surface area contributed by atoms with Gasteiger partial charge in [-0.05, 0) is 83.5 Å². The van der Waals surface area contributed by atoms with Crippen LogP contribution < -0.4 is 0 Å². The molecule has 0 aliphatic heterocycles. The molecule has 2 aliphatic carbocycles. The van der Waals surface area contributed by atoms with Gasteiger partial charge in [-0.3, -0.25) is 9.59 Å². The Balaban J connectivity index is 1.55. The zero-order chi connectivity index (χ0) is 30.6. The lowest BCUT2D eigenvalue weighted by molar-refractivity contribution is -0.167. The Morgan fingerprint density at radius 1 is 0.619 bits per heavy atom. The van der Waals surface area contributed by atoms with Gasteiger partial charge in [0.2, 0.25) is 0 Å². The van der Waals surface area contributed by atoms with Crippen molar-refractivity contribution in [1.29, 1.82) is 0 Å². The summed E-state index contributed by atoms with van der Waals surface area (Å²) in [4.78, 5) is 47.4. The molecule has 0 amide bonds. The number of hydrogen-bond donors (Lipinski definition) is 1. The first-order valence-corrected chi connectivity index (χ1v) is 15.6. The number of aliphatic hydroxyl groups excluding tert-OH is 1. The van der Waals surface area contributed by atoms with Gasteiger partial charge in [0.15, 0.2) is 0 Å². The molecule has 2 aliphatic rings. The monoisotopic (exact) mass is 594 g/mol. The van der Waals surface area contributed by atoms with Crippen LogP contribution in [0.15, 0.2) is 25.3 Å². The maximum absolute atomic E-state index is 12.8. The van der Waals surface area contributed by atoms with Crippen LogP contribution in [0.25, 0.3) is 0 Å². The molecule has 0 spiro atoms. The zero-order valence-electron chi connectivity index (χ0n) is 25.0. The number of esters is 4. The molecule has 0 aromatic heterocycles. The van der Waals surface area contributed by atoms with Crippen molar-refractivity contribution in [3.63, 3.8) is 0 Å². The fraction of sp³-hybridized carbons (Fsp3) is 0.750. The molecule has 238 valence electrons. The summed E-state index contributed by atoms with van der Waals surface area (Å²) in [6.45, 7) is 8.41. The van der Waals surface area contributed by atoms with Crippen molar-refractivity contribution < 1.29 is 48.0 Å². The number of hydrogen-bond acceptors (Lipinski definition) is 10. The second-order valence-electron chi connectivity index (χ2n) is 11.1. The van der Waals surface area contributed by atoms with Crippen molar-refractivity contribution >= 4 is 23.9 Å². The fourth-order valence-corrected chi connectivity index (χ4v) is 5.31. The van der Waals surface area contributed by atoms with E-state index in [0.717, 1.165) is 76.7 Å². The van der Waals surface area contributed by atoms with E-state index in [2.05, 4.69) is 13.2 Å². The third kappa shape index (κ3) is 14.4. The van der Waals surface area contributed by atoms with Crippen LogP contribution in [-0.2, 0) is 42.9 Å². The average Bonchev–Trinajstić information content (AvgIpc) is 3.00. The summed E-state index contributed by atoms with van der Waals surface area (Å²) in [5.41, 5.74) is 0. The summed E-state index contributed by atoms with van der Waals surface area (Å²) in [5, 5.41) is 10.4. The predicted octanol–water partition coefficient (Wildman–Crippen LogP) is 4.76. The number of aliphatic hydroxyl groups is 1. The number of rotatable bonds is 20. The summed E-state index contributed by atoms with van der Waals surface area (Å²) in [7, 11) is 0. The minimum atomic E-state index is -0.797. The molecule has 0 radical (unpaired) electrons. The molecule has 42 heavy (non-hydrogen) atoms. The van der Waals surface area contributed by atoms with E-state index < -0.39 is 30.1 Å². The van der Waals surface area contributed by atoms with Crippen LogP contribution >= 0.6 is 0 Å². The van der Waals surface area contributed by atoms with E-state index >= 15 is 0 Å². The highest BCUT2D eigenvalue weighted by molar-refractivity contribution is 5.81. The minimum Gasteiger partial charge on any atom is -0.465 e. The Kier molecular flexibility index (Phi) is 17.8. The van der Waals surface area contributed by atoms with Gasteiger partial charge in [0.25, 0.3) is 0 Å². The maximum atomic E-state index is 12.8. The summed E-state index contributed by atoms with van der Waals surface area (Å²) in [6.07, 6.45) is 12.4. The first kappa shape index (κ1) is 35.5. The van der Waals surface area contributed by atoms with Crippen LogP contribution in [0.5, 0.6) is 0 Å². The lowest BCUT2D eigenvalue weighted by Crippen LogP contribution is -2.40. The Morgan fingerprint density at radius 3 is 1.67 bits per heavy atom. The molecule has 0 heterocycles. The van der Waals surface area contributed by atoms with Gasteiger partial charge in [0, 0.05) is 25.2 Å². The first-order chi connectivity index (χ1) is 20.3. The van der Waals surface area contributed by atoms with E-state index in [1.165, 1.54) is 6.08 Å². The molecule has 2 rings (SSSR count). The van der Waals surface area contributed by atoms with Gasteiger partial charge in [-0.2, -0.15) is 0 Å². The van der Waals surface area contributed by atoms with Crippen LogP contribution in [0.1, 0.15) is 96.3 Å². The van der Waals surface area contributed by atoms with E-state index in [4.69, 9.17) is 23.7 Å². The Morgan fingerprint density at radius 2 is 1.12 bits per heavy atom. The van der Waals surface area contributed by atoms with Crippen LogP contribution in [0.4, 0.5) is 0 Å². The molecular weight excluding hydrogens is 544 g/mol. The maximum Gasteiger partial charge on any atom is 0.330 e. The summed E-state index contributed by atoms with van der Waals surface area (Å²) in [6, 6.07) is 0. The molecule has 2 fully saturated rings. The van der Waals surface area contributed by atoms with Crippen molar-refractivity contribution in [3.8, 4) is 0 Å². The second kappa shape index (κ2) is 21.0. The number of unbranched alkanes of at least 4 members (excludes halogenated alkanes) is 6. The van der Waals surface area contributed by atoms with E-state index in [1.54, 1.807) is 0 Å². The zero-order valence-corrected chi connectivity index (χ0v) is 25.0. The predicted molar refractivity (Wildman–Crippen MR) is 155 cm³/mol. The molecular formula is C32H50O10. The lowest BCUT2D eigenvalue weighted by Gasteiger charge is -2.33. The standard InChI is InChI=1S/C32H50O10/c1-3-29(34)39-20-10-6-5-9-19-38-25-15-13-24(14-16-25)31(36)42-26-17-18-28(33)27(23-26)32(37)41-22-12-8-7-11-21-40-30(35)4-2/h3-4,24-28,33H,1-2,5-23H2. The van der Waals surface area contributed by atoms with Crippen molar-refractivity contribution in [2.24, 2.45) is 11.8 Å². The van der Waals surface area contributed by atoms with Crippen molar-refractivity contribution in [3.05, 3.63) is 25.3 Å². The number of ether oxygens (including phenoxy) is 5. The SMILES string of the molecule is C=CC(=O)OCCCCCCOC(=O)C1CC(OC(=O)C2CCC(OCCCCCCOC(=O)C=C)CC2)CCC1O. The van der Waals surface area contributed by atoms with Gasteiger partial charge in [-0.25, -0.2) is 9.59 Å². The molecule has 0 bridgehead atoms. The molecule has 3 unspecified atom stereocenters. The lowest BCUT2D eigenvalue weighted by atomic mass is 9.84. The third-order valence-electron chi connectivity index (χ3n) is 7.86. The molecule has 0 saturated heterocycles. The Bertz CT molecular complexity index is 848. The van der Waals surface area contributed by atoms with Crippen LogP contribution in [0.3, 0.4) is 0 Å². The highest BCUT2D eigenvalue weighted by atomic mass is 16.6. The molecule has 3 atom stereocenters. The average molecular weight is 595 g/mol. The first-order valence-electron chi connectivity index (χ1n) is 15.6. The van der Waals surface area contributed by atoms with Crippen LogP contribution in [0, 0.1) is 11.8 Å². The fourth-order valence-electron chi connectivity index (χ4n) is 5.31. The van der Waals surface area contributed by atoms with Gasteiger partial charge < -0.3 is 28.8 Å². The summed E-state index contributed by atoms with van der Waals surface area (Å²) < 4.78 is 27.1. The topological polar surface area (TPSA) is 135 Å². The van der Waals surface area contributed by atoms with Crippen molar-refractivity contribution in [2.75, 3.05) is 26.4 Å². The van der Waals surface area contributed by atoms with E-state index in [-0.39, 0.29) is 37.0 Å². The van der Waals surface area contributed by atoms with Gasteiger partial charge in [-0.15, -0.1) is 0 Å². The molecule has 10 heteroatoms. The van der Waals surface area contributed by atoms with Gasteiger partial charge in [0.1, 0.15) is 6.10 Å². The van der Waals surface area contributed by atoms with Crippen molar-refractivity contribution in [1.82, 2.24) is 0 Å². The van der Waals surface area contributed by atoms with Crippen molar-refractivity contribution in [2.45, 2.75) is 115 Å². The van der Waals surface area contributed by atoms with E-state index in [9.17, 15) is 24.3 Å². The van der Waals surface area contributed by atoms with E-state index in [0.29, 0.717) is 39.1 Å².